The van der Waals surface area contributed by atoms with Crippen molar-refractivity contribution in [3.8, 4) is 0 Å². The quantitative estimate of drug-likeness (QED) is 0.351. The number of rotatable bonds is 7. The first-order chi connectivity index (χ1) is 16.3. The molecule has 0 bridgehead atoms. The molecule has 182 valence electrons. The van der Waals surface area contributed by atoms with Crippen LogP contribution in [0.15, 0.2) is 34.7 Å². The van der Waals surface area contributed by atoms with E-state index in [-0.39, 0.29) is 17.6 Å². The van der Waals surface area contributed by atoms with E-state index < -0.39 is 22.9 Å². The van der Waals surface area contributed by atoms with Gasteiger partial charge in [0.2, 0.25) is 0 Å². The number of benzene rings is 1. The van der Waals surface area contributed by atoms with Crippen LogP contribution in [0, 0.1) is 15.9 Å². The fourth-order valence-electron chi connectivity index (χ4n) is 3.95. The lowest BCUT2D eigenvalue weighted by atomic mass is 10.2. The third kappa shape index (κ3) is 5.37. The zero-order chi connectivity index (χ0) is 24.2. The molecule has 0 unspecified atom stereocenters. The van der Waals surface area contributed by atoms with Crippen molar-refractivity contribution in [2.75, 3.05) is 56.2 Å². The summed E-state index contributed by atoms with van der Waals surface area (Å²) >= 11 is 4.91. The summed E-state index contributed by atoms with van der Waals surface area (Å²) < 4.78 is 30.4. The maximum absolute atomic E-state index is 15.0. The van der Waals surface area contributed by atoms with E-state index in [0.29, 0.717) is 56.4 Å². The molecule has 1 atom stereocenters. The van der Waals surface area contributed by atoms with E-state index in [4.69, 9.17) is 26.1 Å². The van der Waals surface area contributed by atoms with Crippen LogP contribution in [0.1, 0.15) is 5.76 Å². The molecule has 2 saturated heterocycles. The molecule has 0 spiro atoms. The van der Waals surface area contributed by atoms with Gasteiger partial charge >= 0.3 is 12.0 Å². The van der Waals surface area contributed by atoms with E-state index in [0.717, 1.165) is 0 Å². The van der Waals surface area contributed by atoms with Gasteiger partial charge in [-0.3, -0.25) is 19.9 Å². The summed E-state index contributed by atoms with van der Waals surface area (Å²) in [6, 6.07) is 7.63. The normalized spacial score (nSPS) is 18.6. The van der Waals surface area contributed by atoms with Gasteiger partial charge in [0.25, 0.3) is 5.17 Å². The number of anilines is 2. The van der Waals surface area contributed by atoms with E-state index in [1.54, 1.807) is 18.2 Å². The van der Waals surface area contributed by atoms with Gasteiger partial charge in [0.15, 0.2) is 0 Å². The number of nitrogens with zero attached hydrogens (tertiary/aromatic N) is 4. The number of hydrogen-bond acceptors (Lipinski definition) is 9. The van der Waals surface area contributed by atoms with Gasteiger partial charge in [-0.15, -0.1) is 0 Å². The summed E-state index contributed by atoms with van der Waals surface area (Å²) in [5, 5.41) is 13.8. The molecule has 3 heterocycles. The van der Waals surface area contributed by atoms with Crippen LogP contribution in [-0.2, 0) is 16.0 Å². The predicted octanol–water partition coefficient (Wildman–Crippen LogP) is 2.50. The number of nitro groups is 1. The molecule has 1 amide bonds. The Kier molecular flexibility index (Phi) is 7.12. The zero-order valence-electron chi connectivity index (χ0n) is 18.4. The third-order valence-corrected chi connectivity index (χ3v) is 6.01. The molecular formula is C21H24FN5O6S. The van der Waals surface area contributed by atoms with Crippen molar-refractivity contribution in [3.05, 3.63) is 52.0 Å². The van der Waals surface area contributed by atoms with Crippen LogP contribution in [0.4, 0.5) is 26.4 Å². The average Bonchev–Trinajstić information content (AvgIpc) is 3.44. The van der Waals surface area contributed by atoms with E-state index in [9.17, 15) is 19.3 Å². The van der Waals surface area contributed by atoms with Crippen LogP contribution in [0.2, 0.25) is 0 Å². The molecule has 2 aliphatic rings. The van der Waals surface area contributed by atoms with Gasteiger partial charge in [0.1, 0.15) is 22.6 Å². The Morgan fingerprint density at radius 1 is 1.29 bits per heavy atom. The molecule has 1 aromatic carbocycles. The maximum atomic E-state index is 15.0. The lowest BCUT2D eigenvalue weighted by Gasteiger charge is -2.36. The van der Waals surface area contributed by atoms with Crippen LogP contribution < -0.4 is 15.1 Å². The molecule has 11 nitrogen and oxygen atoms in total. The molecule has 2 fully saturated rings. The second-order valence-electron chi connectivity index (χ2n) is 7.88. The monoisotopic (exact) mass is 493 g/mol. The van der Waals surface area contributed by atoms with Crippen LogP contribution in [0.25, 0.3) is 0 Å². The smallest absolute Gasteiger partial charge is 0.433 e. The van der Waals surface area contributed by atoms with Gasteiger partial charge in [0, 0.05) is 26.2 Å². The lowest BCUT2D eigenvalue weighted by Crippen LogP contribution is -2.46. The second kappa shape index (κ2) is 10.2. The minimum Gasteiger partial charge on any atom is -0.474 e. The summed E-state index contributed by atoms with van der Waals surface area (Å²) in [5.41, 5.74) is 0.870. The Morgan fingerprint density at radius 2 is 2.06 bits per heavy atom. The first-order valence-electron chi connectivity index (χ1n) is 10.6. The highest BCUT2D eigenvalue weighted by molar-refractivity contribution is 7.80. The number of carbonyl (C=O) groups excluding carboxylic acids is 1. The number of furan rings is 1. The maximum Gasteiger partial charge on any atom is 0.433 e. The minimum atomic E-state index is -0.566. The molecule has 1 N–H and O–H groups in total. The molecule has 2 aliphatic heterocycles. The van der Waals surface area contributed by atoms with Crippen molar-refractivity contribution in [1.82, 2.24) is 10.2 Å². The van der Waals surface area contributed by atoms with Crippen LogP contribution >= 0.6 is 12.2 Å². The van der Waals surface area contributed by atoms with Gasteiger partial charge < -0.3 is 24.1 Å². The van der Waals surface area contributed by atoms with Gasteiger partial charge in [0.05, 0.1) is 44.2 Å². The van der Waals surface area contributed by atoms with Crippen molar-refractivity contribution in [3.63, 3.8) is 0 Å². The highest BCUT2D eigenvalue weighted by Gasteiger charge is 2.33. The van der Waals surface area contributed by atoms with Crippen molar-refractivity contribution in [2.24, 2.45) is 0 Å². The van der Waals surface area contributed by atoms with Crippen molar-refractivity contribution < 1.29 is 28.0 Å². The van der Waals surface area contributed by atoms with Crippen LogP contribution in [0.5, 0.6) is 0 Å². The number of cyclic esters (lactones) is 1. The van der Waals surface area contributed by atoms with Crippen molar-refractivity contribution in [1.29, 1.82) is 0 Å². The number of amides is 1. The predicted molar refractivity (Wildman–Crippen MR) is 124 cm³/mol. The molecule has 2 aromatic rings. The number of carbonyl (C=O) groups is 1. The number of methoxy groups -OCH3 is 1. The second-order valence-corrected chi connectivity index (χ2v) is 8.26. The Hall–Kier alpha value is -3.45. The van der Waals surface area contributed by atoms with Gasteiger partial charge in [-0.1, -0.05) is 0 Å². The van der Waals surface area contributed by atoms with Gasteiger partial charge in [-0.05, 0) is 36.5 Å². The molecule has 34 heavy (non-hydrogen) atoms. The lowest BCUT2D eigenvalue weighted by molar-refractivity contribution is -0.402. The Bertz CT molecular complexity index is 1070. The van der Waals surface area contributed by atoms with Crippen molar-refractivity contribution >= 4 is 40.7 Å². The molecule has 4 rings (SSSR count). The number of thiocarbonyl (C=S) groups is 1. The molecule has 1 aromatic heterocycles. The number of nitrogens with one attached hydrogen (secondary N) is 1. The summed E-state index contributed by atoms with van der Waals surface area (Å²) in [5.74, 6) is -0.188. The highest BCUT2D eigenvalue weighted by Crippen LogP contribution is 2.29. The third-order valence-electron chi connectivity index (χ3n) is 5.70. The minimum absolute atomic E-state index is 0.204. The SMILES string of the molecule is COC(=S)NC[C@H]1CN(c2ccc(N3CCN(Cc4ccc([N+](=O)[O-])o4)CC3)c(F)c2)C(=O)O1. The number of halogens is 1. The standard InChI is InChI=1S/C21H24FN5O6S/c1-31-20(34)23-11-16-13-26(21(28)33-16)14-2-4-18(17(22)10-14)25-8-6-24(7-9-25)12-15-3-5-19(32-15)27(29)30/h2-5,10,16H,6-9,11-13H2,1H3,(H,23,34)/t16-/m0/s1. The van der Waals surface area contributed by atoms with Gasteiger partial charge in [-0.2, -0.15) is 0 Å². The van der Waals surface area contributed by atoms with E-state index in [1.807, 2.05) is 4.90 Å². The molecule has 13 heteroatoms. The van der Waals surface area contributed by atoms with Crippen LogP contribution in [0.3, 0.4) is 0 Å². The summed E-state index contributed by atoms with van der Waals surface area (Å²) in [6.07, 6.45) is -0.985. The summed E-state index contributed by atoms with van der Waals surface area (Å²) in [4.78, 5) is 27.9. The molecule has 0 aliphatic carbocycles. The first kappa shape index (κ1) is 23.7. The largest absolute Gasteiger partial charge is 0.474 e. The van der Waals surface area contributed by atoms with Crippen molar-refractivity contribution in [2.45, 2.75) is 12.6 Å². The fourth-order valence-corrected chi connectivity index (χ4v) is 4.03. The number of hydrogen-bond donors (Lipinski definition) is 1. The summed E-state index contributed by atoms with van der Waals surface area (Å²) in [7, 11) is 1.44. The Labute approximate surface area is 200 Å². The molecular weight excluding hydrogens is 469 g/mol. The Balaban J connectivity index is 1.32. The fraction of sp³-hybridized carbons (Fsp3) is 0.429. The van der Waals surface area contributed by atoms with E-state index in [2.05, 4.69) is 10.2 Å². The molecule has 0 saturated carbocycles. The van der Waals surface area contributed by atoms with E-state index in [1.165, 1.54) is 24.1 Å². The highest BCUT2D eigenvalue weighted by atomic mass is 32.1. The van der Waals surface area contributed by atoms with E-state index >= 15 is 0 Å². The van der Waals surface area contributed by atoms with Crippen LogP contribution in [-0.4, -0.2) is 73.6 Å². The Morgan fingerprint density at radius 3 is 2.71 bits per heavy atom. The summed E-state index contributed by atoms with van der Waals surface area (Å²) in [6.45, 7) is 3.46. The molecule has 0 radical (unpaired) electrons. The number of ether oxygens (including phenoxy) is 2. The van der Waals surface area contributed by atoms with Gasteiger partial charge in [-0.25, -0.2) is 9.18 Å². The first-order valence-corrected chi connectivity index (χ1v) is 11.0. The number of piperazine rings is 1. The zero-order valence-corrected chi connectivity index (χ0v) is 19.3. The average molecular weight is 494 g/mol. The topological polar surface area (TPSA) is 114 Å².